The van der Waals surface area contributed by atoms with Crippen LogP contribution in [0.2, 0.25) is 0 Å². The molecule has 0 aliphatic rings. The third-order valence-corrected chi connectivity index (χ3v) is 1.87. The summed E-state index contributed by atoms with van der Waals surface area (Å²) in [5, 5.41) is 8.66. The fourth-order valence-corrected chi connectivity index (χ4v) is 1.29. The summed E-state index contributed by atoms with van der Waals surface area (Å²) in [6, 6.07) is 1.26. The van der Waals surface area contributed by atoms with Gasteiger partial charge in [-0.1, -0.05) is 13.8 Å². The first-order valence-electron chi connectivity index (χ1n) is 4.65. The van der Waals surface area contributed by atoms with Gasteiger partial charge in [0.05, 0.1) is 18.7 Å². The van der Waals surface area contributed by atoms with E-state index in [1.807, 2.05) is 6.07 Å². The molecule has 0 aromatic carbocycles. The predicted octanol–water partition coefficient (Wildman–Crippen LogP) is 2.56. The molecule has 14 heavy (non-hydrogen) atoms. The van der Waals surface area contributed by atoms with Gasteiger partial charge in [-0.05, 0) is 19.4 Å². The van der Waals surface area contributed by atoms with E-state index >= 15 is 0 Å². The second-order valence-corrected chi connectivity index (χ2v) is 3.14. The number of halogens is 3. The van der Waals surface area contributed by atoms with Gasteiger partial charge in [0.25, 0.3) is 0 Å². The Morgan fingerprint density at radius 3 is 2.21 bits per heavy atom. The van der Waals surface area contributed by atoms with Crippen molar-refractivity contribution in [3.8, 4) is 6.07 Å². The number of alkyl halides is 3. The molecule has 0 aromatic heterocycles. The average Bonchev–Trinajstić information content (AvgIpc) is 2.04. The Morgan fingerprint density at radius 1 is 1.36 bits per heavy atom. The SMILES string of the molecule is CCCN(CC(F)(F)F)C(C#N)CC. The van der Waals surface area contributed by atoms with Crippen LogP contribution in [0.3, 0.4) is 0 Å². The van der Waals surface area contributed by atoms with E-state index in [0.29, 0.717) is 19.4 Å². The molecule has 0 fully saturated rings. The summed E-state index contributed by atoms with van der Waals surface area (Å²) in [4.78, 5) is 1.18. The Balaban J connectivity index is 4.36. The van der Waals surface area contributed by atoms with Crippen molar-refractivity contribution in [1.29, 1.82) is 5.26 Å². The second kappa shape index (κ2) is 5.86. The summed E-state index contributed by atoms with van der Waals surface area (Å²) in [6.07, 6.45) is -3.18. The molecule has 82 valence electrons. The van der Waals surface area contributed by atoms with Crippen LogP contribution >= 0.6 is 0 Å². The molecular weight excluding hydrogens is 193 g/mol. The van der Waals surface area contributed by atoms with Crippen LogP contribution in [0.1, 0.15) is 26.7 Å². The smallest absolute Gasteiger partial charge is 0.279 e. The molecule has 0 N–H and O–H groups in total. The molecule has 0 heterocycles. The van der Waals surface area contributed by atoms with E-state index in [1.54, 1.807) is 13.8 Å². The quantitative estimate of drug-likeness (QED) is 0.694. The minimum absolute atomic E-state index is 0.311. The third kappa shape index (κ3) is 5.07. The van der Waals surface area contributed by atoms with Crippen molar-refractivity contribution in [3.05, 3.63) is 0 Å². The molecule has 5 heteroatoms. The molecular formula is C9H15F3N2. The molecule has 0 aliphatic carbocycles. The van der Waals surface area contributed by atoms with Crippen molar-refractivity contribution in [1.82, 2.24) is 4.90 Å². The van der Waals surface area contributed by atoms with E-state index in [-0.39, 0.29) is 0 Å². The lowest BCUT2D eigenvalue weighted by Crippen LogP contribution is -2.41. The summed E-state index contributed by atoms with van der Waals surface area (Å²) in [5.41, 5.74) is 0. The van der Waals surface area contributed by atoms with E-state index < -0.39 is 18.8 Å². The van der Waals surface area contributed by atoms with Crippen LogP contribution in [-0.4, -0.2) is 30.2 Å². The zero-order valence-corrected chi connectivity index (χ0v) is 8.43. The summed E-state index contributed by atoms with van der Waals surface area (Å²) >= 11 is 0. The lowest BCUT2D eigenvalue weighted by atomic mass is 10.2. The van der Waals surface area contributed by atoms with Gasteiger partial charge in [0.15, 0.2) is 0 Å². The summed E-state index contributed by atoms with van der Waals surface area (Å²) in [5.74, 6) is 0. The Bertz CT molecular complexity index is 195. The molecule has 0 spiro atoms. The average molecular weight is 208 g/mol. The highest BCUT2D eigenvalue weighted by molar-refractivity contribution is 4.91. The molecule has 0 bridgehead atoms. The fraction of sp³-hybridized carbons (Fsp3) is 0.889. The van der Waals surface area contributed by atoms with Crippen molar-refractivity contribution in [3.63, 3.8) is 0 Å². The summed E-state index contributed by atoms with van der Waals surface area (Å²) < 4.78 is 36.3. The number of rotatable bonds is 5. The van der Waals surface area contributed by atoms with E-state index in [1.165, 1.54) is 4.90 Å². The van der Waals surface area contributed by atoms with Crippen LogP contribution in [0.25, 0.3) is 0 Å². The van der Waals surface area contributed by atoms with Crippen LogP contribution in [-0.2, 0) is 0 Å². The van der Waals surface area contributed by atoms with E-state index in [0.717, 1.165) is 0 Å². The number of hydrogen-bond donors (Lipinski definition) is 0. The van der Waals surface area contributed by atoms with E-state index in [2.05, 4.69) is 0 Å². The van der Waals surface area contributed by atoms with Gasteiger partial charge in [-0.2, -0.15) is 18.4 Å². The minimum atomic E-state index is -4.22. The van der Waals surface area contributed by atoms with Crippen LogP contribution in [0.4, 0.5) is 13.2 Å². The highest BCUT2D eigenvalue weighted by Gasteiger charge is 2.32. The maximum atomic E-state index is 12.1. The third-order valence-electron chi connectivity index (χ3n) is 1.87. The molecule has 1 atom stereocenters. The lowest BCUT2D eigenvalue weighted by Gasteiger charge is -2.26. The van der Waals surface area contributed by atoms with Gasteiger partial charge in [-0.3, -0.25) is 4.90 Å². The number of hydrogen-bond acceptors (Lipinski definition) is 2. The van der Waals surface area contributed by atoms with Crippen LogP contribution in [0.15, 0.2) is 0 Å². The maximum absolute atomic E-state index is 12.1. The monoisotopic (exact) mass is 208 g/mol. The Kier molecular flexibility index (Phi) is 5.55. The number of nitrogens with zero attached hydrogens (tertiary/aromatic N) is 2. The van der Waals surface area contributed by atoms with Gasteiger partial charge in [-0.15, -0.1) is 0 Å². The molecule has 0 saturated heterocycles. The first-order valence-corrected chi connectivity index (χ1v) is 4.65. The van der Waals surface area contributed by atoms with Crippen LogP contribution in [0.5, 0.6) is 0 Å². The molecule has 0 rings (SSSR count). The second-order valence-electron chi connectivity index (χ2n) is 3.14. The molecule has 0 aliphatic heterocycles. The van der Waals surface area contributed by atoms with Gasteiger partial charge in [0, 0.05) is 0 Å². The van der Waals surface area contributed by atoms with Gasteiger partial charge < -0.3 is 0 Å². The predicted molar refractivity (Wildman–Crippen MR) is 47.6 cm³/mol. The standard InChI is InChI=1S/C9H15F3N2/c1-3-5-14(7-9(10,11)12)8(4-2)6-13/h8H,3-5,7H2,1-2H3. The van der Waals surface area contributed by atoms with Gasteiger partial charge >= 0.3 is 6.18 Å². The Labute approximate surface area is 82.3 Å². The highest BCUT2D eigenvalue weighted by atomic mass is 19.4. The Morgan fingerprint density at radius 2 is 1.93 bits per heavy atom. The summed E-state index contributed by atoms with van der Waals surface area (Å²) in [7, 11) is 0. The van der Waals surface area contributed by atoms with Crippen molar-refractivity contribution >= 4 is 0 Å². The highest BCUT2D eigenvalue weighted by Crippen LogP contribution is 2.18. The van der Waals surface area contributed by atoms with Gasteiger partial charge in [0.2, 0.25) is 0 Å². The molecule has 2 nitrogen and oxygen atoms in total. The van der Waals surface area contributed by atoms with E-state index in [4.69, 9.17) is 5.26 Å². The fourth-order valence-electron chi connectivity index (χ4n) is 1.29. The molecule has 0 radical (unpaired) electrons. The van der Waals surface area contributed by atoms with Crippen molar-refractivity contribution in [2.75, 3.05) is 13.1 Å². The topological polar surface area (TPSA) is 27.0 Å². The summed E-state index contributed by atoms with van der Waals surface area (Å²) in [6.45, 7) is 2.83. The molecule has 1 unspecified atom stereocenters. The lowest BCUT2D eigenvalue weighted by molar-refractivity contribution is -0.148. The van der Waals surface area contributed by atoms with E-state index in [9.17, 15) is 13.2 Å². The zero-order chi connectivity index (χ0) is 11.2. The van der Waals surface area contributed by atoms with Crippen LogP contribution < -0.4 is 0 Å². The zero-order valence-electron chi connectivity index (χ0n) is 8.43. The first-order chi connectivity index (χ1) is 6.44. The largest absolute Gasteiger partial charge is 0.401 e. The Hall–Kier alpha value is -0.760. The van der Waals surface area contributed by atoms with Crippen LogP contribution in [0, 0.1) is 11.3 Å². The first kappa shape index (κ1) is 13.2. The maximum Gasteiger partial charge on any atom is 0.401 e. The number of nitriles is 1. The van der Waals surface area contributed by atoms with Crippen molar-refractivity contribution in [2.24, 2.45) is 0 Å². The minimum Gasteiger partial charge on any atom is -0.279 e. The normalized spacial score (nSPS) is 14.1. The molecule has 0 amide bonds. The molecule has 0 saturated carbocycles. The van der Waals surface area contributed by atoms with Crippen molar-refractivity contribution < 1.29 is 13.2 Å². The van der Waals surface area contributed by atoms with Gasteiger partial charge in [0.1, 0.15) is 0 Å². The molecule has 0 aromatic rings. The van der Waals surface area contributed by atoms with Gasteiger partial charge in [-0.25, -0.2) is 0 Å². The van der Waals surface area contributed by atoms with Crippen molar-refractivity contribution in [2.45, 2.75) is 38.9 Å².